The first-order chi connectivity index (χ1) is 11.7. The maximum absolute atomic E-state index is 12.8. The van der Waals surface area contributed by atoms with Crippen LogP contribution in [0.15, 0.2) is 53.4 Å². The summed E-state index contributed by atoms with van der Waals surface area (Å²) in [6, 6.07) is 14.2. The average Bonchev–Trinajstić information content (AvgIpc) is 2.61. The van der Waals surface area contributed by atoms with Crippen LogP contribution in [0.5, 0.6) is 5.75 Å². The summed E-state index contributed by atoms with van der Waals surface area (Å²) in [5, 5.41) is 2.93. The second-order valence-corrected chi connectivity index (χ2v) is 6.49. The second-order valence-electron chi connectivity index (χ2n) is 5.32. The number of benzene rings is 2. The van der Waals surface area contributed by atoms with Crippen molar-refractivity contribution in [3.8, 4) is 5.75 Å². The molecule has 3 nitrogen and oxygen atoms in total. The Labute approximate surface area is 146 Å². The second kappa shape index (κ2) is 9.98. The number of carbonyl (C=O) groups is 1. The molecular weight excluding hydrogens is 325 g/mol. The number of carbonyl (C=O) groups excluding carboxylic acids is 1. The maximum atomic E-state index is 12.8. The van der Waals surface area contributed by atoms with Crippen LogP contribution >= 0.6 is 11.8 Å². The minimum absolute atomic E-state index is 0.0488. The Morgan fingerprint density at radius 3 is 2.67 bits per heavy atom. The van der Waals surface area contributed by atoms with Gasteiger partial charge in [-0.05, 0) is 54.5 Å². The molecule has 2 rings (SSSR count). The zero-order chi connectivity index (χ0) is 17.2. The predicted octanol–water partition coefficient (Wildman–Crippen LogP) is 4.07. The van der Waals surface area contributed by atoms with E-state index in [0.29, 0.717) is 19.4 Å². The molecule has 0 heterocycles. The lowest BCUT2D eigenvalue weighted by Gasteiger charge is -2.08. The summed E-state index contributed by atoms with van der Waals surface area (Å²) in [5.41, 5.74) is 1.04. The summed E-state index contributed by atoms with van der Waals surface area (Å²) < 4.78 is 18.1. The van der Waals surface area contributed by atoms with Gasteiger partial charge in [0.15, 0.2) is 0 Å². The van der Waals surface area contributed by atoms with Crippen LogP contribution in [0.1, 0.15) is 18.4 Å². The Bertz CT molecular complexity index is 646. The number of aryl methyl sites for hydroxylation is 1. The van der Waals surface area contributed by atoms with Crippen molar-refractivity contribution in [3.63, 3.8) is 0 Å². The fourth-order valence-electron chi connectivity index (χ4n) is 2.27. The van der Waals surface area contributed by atoms with Crippen LogP contribution in [0, 0.1) is 5.82 Å². The zero-order valence-corrected chi connectivity index (χ0v) is 14.6. The first kappa shape index (κ1) is 18.3. The molecule has 0 unspecified atom stereocenters. The van der Waals surface area contributed by atoms with Gasteiger partial charge in [-0.2, -0.15) is 0 Å². The summed E-state index contributed by atoms with van der Waals surface area (Å²) in [6.45, 7) is 0.652. The monoisotopic (exact) mass is 347 g/mol. The molecule has 1 amide bonds. The van der Waals surface area contributed by atoms with Crippen molar-refractivity contribution in [2.45, 2.75) is 24.2 Å². The number of amides is 1. The van der Waals surface area contributed by atoms with Gasteiger partial charge in [0.1, 0.15) is 11.6 Å². The number of ether oxygens (including phenoxy) is 1. The van der Waals surface area contributed by atoms with Crippen molar-refractivity contribution in [1.29, 1.82) is 0 Å². The third-order valence-electron chi connectivity index (χ3n) is 3.54. The average molecular weight is 347 g/mol. The molecule has 0 radical (unpaired) electrons. The van der Waals surface area contributed by atoms with Gasteiger partial charge >= 0.3 is 0 Å². The van der Waals surface area contributed by atoms with Gasteiger partial charge in [0, 0.05) is 17.9 Å². The van der Waals surface area contributed by atoms with E-state index in [1.807, 2.05) is 24.3 Å². The number of para-hydroxylation sites is 1. The van der Waals surface area contributed by atoms with Crippen molar-refractivity contribution >= 4 is 17.7 Å². The standard InChI is InChI=1S/C19H22FNO2S/c1-23-18-6-3-2-5-15(18)7-12-19(22)21-13-4-14-24-17-10-8-16(20)9-11-17/h2-3,5-6,8-11H,4,7,12-14H2,1H3,(H,21,22). The fraction of sp³-hybridized carbons (Fsp3) is 0.316. The van der Waals surface area contributed by atoms with E-state index in [9.17, 15) is 9.18 Å². The molecule has 0 aliphatic carbocycles. The molecule has 0 aliphatic heterocycles. The molecule has 0 fully saturated rings. The van der Waals surface area contributed by atoms with Gasteiger partial charge in [0.2, 0.25) is 5.91 Å². The van der Waals surface area contributed by atoms with E-state index >= 15 is 0 Å². The predicted molar refractivity (Wildman–Crippen MR) is 96.1 cm³/mol. The third-order valence-corrected chi connectivity index (χ3v) is 4.64. The fourth-order valence-corrected chi connectivity index (χ4v) is 3.12. The topological polar surface area (TPSA) is 38.3 Å². The summed E-state index contributed by atoms with van der Waals surface area (Å²) in [4.78, 5) is 12.9. The largest absolute Gasteiger partial charge is 0.496 e. The molecule has 5 heteroatoms. The number of methoxy groups -OCH3 is 1. The summed E-state index contributed by atoms with van der Waals surface area (Å²) >= 11 is 1.66. The Morgan fingerprint density at radius 1 is 1.17 bits per heavy atom. The van der Waals surface area contributed by atoms with Gasteiger partial charge < -0.3 is 10.1 Å². The van der Waals surface area contributed by atoms with E-state index in [2.05, 4.69) is 5.32 Å². The highest BCUT2D eigenvalue weighted by Gasteiger charge is 2.05. The highest BCUT2D eigenvalue weighted by Crippen LogP contribution is 2.19. The van der Waals surface area contributed by atoms with E-state index in [-0.39, 0.29) is 11.7 Å². The van der Waals surface area contributed by atoms with Gasteiger partial charge in [-0.25, -0.2) is 4.39 Å². The molecule has 128 valence electrons. The third kappa shape index (κ3) is 6.24. The van der Waals surface area contributed by atoms with Crippen molar-refractivity contribution < 1.29 is 13.9 Å². The smallest absolute Gasteiger partial charge is 0.220 e. The van der Waals surface area contributed by atoms with E-state index in [1.165, 1.54) is 12.1 Å². The van der Waals surface area contributed by atoms with Gasteiger partial charge in [-0.1, -0.05) is 18.2 Å². The SMILES string of the molecule is COc1ccccc1CCC(=O)NCCCSc1ccc(F)cc1. The quantitative estimate of drug-likeness (QED) is 0.549. The van der Waals surface area contributed by atoms with Crippen LogP contribution in [0.3, 0.4) is 0 Å². The van der Waals surface area contributed by atoms with Crippen molar-refractivity contribution in [3.05, 3.63) is 59.9 Å². The van der Waals surface area contributed by atoms with Crippen LogP contribution < -0.4 is 10.1 Å². The first-order valence-electron chi connectivity index (χ1n) is 7.96. The number of thioether (sulfide) groups is 1. The van der Waals surface area contributed by atoms with Gasteiger partial charge in [0.05, 0.1) is 7.11 Å². The minimum Gasteiger partial charge on any atom is -0.496 e. The van der Waals surface area contributed by atoms with E-state index in [4.69, 9.17) is 4.74 Å². The number of rotatable bonds is 9. The van der Waals surface area contributed by atoms with Gasteiger partial charge in [-0.3, -0.25) is 4.79 Å². The summed E-state index contributed by atoms with van der Waals surface area (Å²) in [7, 11) is 1.64. The number of hydrogen-bond acceptors (Lipinski definition) is 3. The molecule has 0 atom stereocenters. The highest BCUT2D eigenvalue weighted by atomic mass is 32.2. The van der Waals surface area contributed by atoms with Crippen molar-refractivity contribution in [1.82, 2.24) is 5.32 Å². The van der Waals surface area contributed by atoms with Crippen LogP contribution in [0.25, 0.3) is 0 Å². The van der Waals surface area contributed by atoms with Crippen molar-refractivity contribution in [2.24, 2.45) is 0 Å². The van der Waals surface area contributed by atoms with Crippen LogP contribution in [-0.4, -0.2) is 25.3 Å². The molecule has 0 saturated heterocycles. The number of hydrogen-bond donors (Lipinski definition) is 1. The molecule has 24 heavy (non-hydrogen) atoms. The lowest BCUT2D eigenvalue weighted by atomic mass is 10.1. The minimum atomic E-state index is -0.221. The molecule has 2 aromatic carbocycles. The zero-order valence-electron chi connectivity index (χ0n) is 13.8. The Balaban J connectivity index is 1.60. The van der Waals surface area contributed by atoms with E-state index < -0.39 is 0 Å². The van der Waals surface area contributed by atoms with Crippen LogP contribution in [0.2, 0.25) is 0 Å². The molecule has 0 saturated carbocycles. The summed E-state index contributed by atoms with van der Waals surface area (Å²) in [6.07, 6.45) is 1.99. The lowest BCUT2D eigenvalue weighted by molar-refractivity contribution is -0.121. The normalized spacial score (nSPS) is 10.4. The number of halogens is 1. The molecule has 0 aromatic heterocycles. The molecular formula is C19H22FNO2S. The number of nitrogens with one attached hydrogen (secondary N) is 1. The molecule has 1 N–H and O–H groups in total. The molecule has 2 aromatic rings. The van der Waals surface area contributed by atoms with E-state index in [0.717, 1.165) is 28.4 Å². The Hall–Kier alpha value is -2.01. The maximum Gasteiger partial charge on any atom is 0.220 e. The Morgan fingerprint density at radius 2 is 1.92 bits per heavy atom. The van der Waals surface area contributed by atoms with Gasteiger partial charge in [0.25, 0.3) is 0 Å². The molecule has 0 aliphatic rings. The highest BCUT2D eigenvalue weighted by molar-refractivity contribution is 7.99. The van der Waals surface area contributed by atoms with E-state index in [1.54, 1.807) is 31.0 Å². The first-order valence-corrected chi connectivity index (χ1v) is 8.94. The van der Waals surface area contributed by atoms with Gasteiger partial charge in [-0.15, -0.1) is 11.8 Å². The van der Waals surface area contributed by atoms with Crippen LogP contribution in [0.4, 0.5) is 4.39 Å². The molecule has 0 bridgehead atoms. The lowest BCUT2D eigenvalue weighted by Crippen LogP contribution is -2.25. The molecule has 0 spiro atoms. The van der Waals surface area contributed by atoms with Crippen molar-refractivity contribution in [2.75, 3.05) is 19.4 Å². The summed E-state index contributed by atoms with van der Waals surface area (Å²) in [5.74, 6) is 1.54. The van der Waals surface area contributed by atoms with Crippen LogP contribution in [-0.2, 0) is 11.2 Å². The Kier molecular flexibility index (Phi) is 7.62.